The van der Waals surface area contributed by atoms with Gasteiger partial charge in [0.25, 0.3) is 0 Å². The van der Waals surface area contributed by atoms with Crippen molar-refractivity contribution in [2.75, 3.05) is 0 Å². The van der Waals surface area contributed by atoms with Crippen molar-refractivity contribution in [1.29, 1.82) is 5.26 Å². The first-order valence-corrected chi connectivity index (χ1v) is 4.70. The lowest BCUT2D eigenvalue weighted by Crippen LogP contribution is -2.30. The smallest absolute Gasteiger partial charge is 0.0687 e. The van der Waals surface area contributed by atoms with E-state index in [4.69, 9.17) is 10.00 Å². The quantitative estimate of drug-likeness (QED) is 0.596. The second kappa shape index (κ2) is 2.47. The fraction of sp³-hybridized carbons (Fsp3) is 0.900. The van der Waals surface area contributed by atoms with E-state index in [1.54, 1.807) is 0 Å². The lowest BCUT2D eigenvalue weighted by Gasteiger charge is -2.29. The Morgan fingerprint density at radius 3 is 2.58 bits per heavy atom. The summed E-state index contributed by atoms with van der Waals surface area (Å²) >= 11 is 0. The molecule has 2 nitrogen and oxygen atoms in total. The lowest BCUT2D eigenvalue weighted by molar-refractivity contribution is 0.0762. The molecule has 2 bridgehead atoms. The summed E-state index contributed by atoms with van der Waals surface area (Å²) in [7, 11) is 0. The molecular weight excluding hydrogens is 150 g/mol. The molecule has 2 fully saturated rings. The van der Waals surface area contributed by atoms with E-state index >= 15 is 0 Å². The van der Waals surface area contributed by atoms with Crippen molar-refractivity contribution in [2.45, 2.75) is 45.3 Å². The standard InChI is InChI=1S/C10H15NO/c1-10(2,6-11)8-5-7-3-4-9(8)12-7/h7-9H,3-5H2,1-2H3. The van der Waals surface area contributed by atoms with E-state index in [1.165, 1.54) is 12.8 Å². The van der Waals surface area contributed by atoms with Gasteiger partial charge in [0.2, 0.25) is 0 Å². The zero-order valence-corrected chi connectivity index (χ0v) is 7.71. The Morgan fingerprint density at radius 1 is 1.42 bits per heavy atom. The second-order valence-electron chi connectivity index (χ2n) is 4.55. The summed E-state index contributed by atoms with van der Waals surface area (Å²) in [6.45, 7) is 4.06. The van der Waals surface area contributed by atoms with E-state index in [9.17, 15) is 0 Å². The van der Waals surface area contributed by atoms with E-state index in [1.807, 2.05) is 13.8 Å². The van der Waals surface area contributed by atoms with E-state index < -0.39 is 0 Å². The molecule has 2 rings (SSSR count). The summed E-state index contributed by atoms with van der Waals surface area (Å²) in [6.07, 6.45) is 4.33. The topological polar surface area (TPSA) is 33.0 Å². The minimum absolute atomic E-state index is 0.195. The second-order valence-corrected chi connectivity index (χ2v) is 4.55. The molecule has 0 aliphatic carbocycles. The Kier molecular flexibility index (Phi) is 1.66. The van der Waals surface area contributed by atoms with Crippen LogP contribution in [0.2, 0.25) is 0 Å². The molecule has 0 saturated carbocycles. The van der Waals surface area contributed by atoms with Crippen LogP contribution in [0.15, 0.2) is 0 Å². The Balaban J connectivity index is 2.13. The average Bonchev–Trinajstić information content (AvgIpc) is 2.64. The molecule has 3 unspecified atom stereocenters. The highest BCUT2D eigenvalue weighted by atomic mass is 16.5. The van der Waals surface area contributed by atoms with Crippen LogP contribution in [0.4, 0.5) is 0 Å². The van der Waals surface area contributed by atoms with Gasteiger partial charge in [-0.1, -0.05) is 0 Å². The zero-order valence-electron chi connectivity index (χ0n) is 7.71. The summed E-state index contributed by atoms with van der Waals surface area (Å²) in [5, 5.41) is 8.98. The van der Waals surface area contributed by atoms with Gasteiger partial charge in [0.1, 0.15) is 0 Å². The van der Waals surface area contributed by atoms with Crippen LogP contribution in [0.25, 0.3) is 0 Å². The molecule has 0 aromatic heterocycles. The number of fused-ring (bicyclic) bond motifs is 2. The molecule has 3 atom stereocenters. The van der Waals surface area contributed by atoms with Crippen molar-refractivity contribution in [3.8, 4) is 6.07 Å². The highest BCUT2D eigenvalue weighted by Gasteiger charge is 2.47. The summed E-state index contributed by atoms with van der Waals surface area (Å²) in [6, 6.07) is 2.39. The average molecular weight is 165 g/mol. The van der Waals surface area contributed by atoms with Gasteiger partial charge in [0, 0.05) is 5.92 Å². The van der Waals surface area contributed by atoms with Gasteiger partial charge in [-0.2, -0.15) is 5.26 Å². The molecule has 0 N–H and O–H groups in total. The highest BCUT2D eigenvalue weighted by molar-refractivity contribution is 5.04. The van der Waals surface area contributed by atoms with Gasteiger partial charge in [0.15, 0.2) is 0 Å². The van der Waals surface area contributed by atoms with E-state index in [-0.39, 0.29) is 5.41 Å². The monoisotopic (exact) mass is 165 g/mol. The summed E-state index contributed by atoms with van der Waals surface area (Å²) in [5.74, 6) is 0.473. The number of hydrogen-bond acceptors (Lipinski definition) is 2. The van der Waals surface area contributed by atoms with Gasteiger partial charge in [-0.3, -0.25) is 0 Å². The third kappa shape index (κ3) is 1.04. The highest BCUT2D eigenvalue weighted by Crippen LogP contribution is 2.46. The van der Waals surface area contributed by atoms with Gasteiger partial charge in [-0.05, 0) is 33.1 Å². The largest absolute Gasteiger partial charge is 0.375 e. The molecule has 0 amide bonds. The Bertz CT molecular complexity index is 228. The van der Waals surface area contributed by atoms with Crippen molar-refractivity contribution < 1.29 is 4.74 Å². The minimum atomic E-state index is -0.195. The maximum Gasteiger partial charge on any atom is 0.0687 e. The van der Waals surface area contributed by atoms with Gasteiger partial charge < -0.3 is 4.74 Å². The molecule has 2 aliphatic rings. The van der Waals surface area contributed by atoms with Gasteiger partial charge >= 0.3 is 0 Å². The van der Waals surface area contributed by atoms with Crippen molar-refractivity contribution in [1.82, 2.24) is 0 Å². The first-order chi connectivity index (χ1) is 5.63. The van der Waals surface area contributed by atoms with Crippen LogP contribution in [-0.4, -0.2) is 12.2 Å². The molecule has 12 heavy (non-hydrogen) atoms. The molecule has 2 saturated heterocycles. The molecule has 0 radical (unpaired) electrons. The normalized spacial score (nSPS) is 39.9. The summed E-state index contributed by atoms with van der Waals surface area (Å²) < 4.78 is 5.72. The van der Waals surface area contributed by atoms with Crippen LogP contribution in [0, 0.1) is 22.7 Å². The zero-order chi connectivity index (χ0) is 8.77. The minimum Gasteiger partial charge on any atom is -0.375 e. The van der Waals surface area contributed by atoms with Crippen molar-refractivity contribution in [3.05, 3.63) is 0 Å². The SMILES string of the molecule is CC(C)(C#N)C1CC2CCC1O2. The molecule has 66 valence electrons. The fourth-order valence-electron chi connectivity index (χ4n) is 2.48. The fourth-order valence-corrected chi connectivity index (χ4v) is 2.48. The van der Waals surface area contributed by atoms with Crippen LogP contribution in [-0.2, 0) is 4.74 Å². The van der Waals surface area contributed by atoms with Gasteiger partial charge in [-0.25, -0.2) is 0 Å². The maximum atomic E-state index is 8.98. The first-order valence-electron chi connectivity index (χ1n) is 4.70. The predicted octanol–water partition coefficient (Wildman–Crippen LogP) is 2.10. The molecular formula is C10H15NO. The van der Waals surface area contributed by atoms with Crippen LogP contribution in [0.1, 0.15) is 33.1 Å². The Morgan fingerprint density at radius 2 is 2.17 bits per heavy atom. The molecule has 0 aromatic carbocycles. The lowest BCUT2D eigenvalue weighted by atomic mass is 9.72. The summed E-state index contributed by atoms with van der Waals surface area (Å²) in [5.41, 5.74) is -0.195. The third-order valence-electron chi connectivity index (χ3n) is 3.32. The molecule has 2 heterocycles. The van der Waals surface area contributed by atoms with Gasteiger partial charge in [0.05, 0.1) is 23.7 Å². The third-order valence-corrected chi connectivity index (χ3v) is 3.32. The first kappa shape index (κ1) is 8.07. The Labute approximate surface area is 73.5 Å². The number of hydrogen-bond donors (Lipinski definition) is 0. The summed E-state index contributed by atoms with van der Waals surface area (Å²) in [4.78, 5) is 0. The van der Waals surface area contributed by atoms with E-state index in [0.717, 1.165) is 6.42 Å². The number of rotatable bonds is 1. The van der Waals surface area contributed by atoms with Gasteiger partial charge in [-0.15, -0.1) is 0 Å². The van der Waals surface area contributed by atoms with Crippen LogP contribution >= 0.6 is 0 Å². The van der Waals surface area contributed by atoms with Crippen molar-refractivity contribution in [2.24, 2.45) is 11.3 Å². The van der Waals surface area contributed by atoms with E-state index in [0.29, 0.717) is 18.1 Å². The Hall–Kier alpha value is -0.550. The van der Waals surface area contributed by atoms with Crippen LogP contribution < -0.4 is 0 Å². The van der Waals surface area contributed by atoms with E-state index in [2.05, 4.69) is 6.07 Å². The predicted molar refractivity (Wildman–Crippen MR) is 45.4 cm³/mol. The van der Waals surface area contributed by atoms with Crippen LogP contribution in [0.5, 0.6) is 0 Å². The maximum absolute atomic E-state index is 8.98. The number of nitrogens with zero attached hydrogens (tertiary/aromatic N) is 1. The molecule has 0 spiro atoms. The van der Waals surface area contributed by atoms with Crippen molar-refractivity contribution in [3.63, 3.8) is 0 Å². The van der Waals surface area contributed by atoms with Crippen molar-refractivity contribution >= 4 is 0 Å². The molecule has 2 heteroatoms. The molecule has 2 aliphatic heterocycles. The number of nitriles is 1. The molecule has 0 aromatic rings. The van der Waals surface area contributed by atoms with Crippen LogP contribution in [0.3, 0.4) is 0 Å². The number of ether oxygens (including phenoxy) is 1.